The van der Waals surface area contributed by atoms with E-state index in [1.807, 2.05) is 50.4 Å². The second kappa shape index (κ2) is 6.55. The molecule has 0 radical (unpaired) electrons. The lowest BCUT2D eigenvalue weighted by atomic mass is 9.73. The number of benzene rings is 2. The van der Waals surface area contributed by atoms with Crippen molar-refractivity contribution in [3.05, 3.63) is 65.7 Å². The first-order valence-corrected chi connectivity index (χ1v) is 8.12. The van der Waals surface area contributed by atoms with Gasteiger partial charge in [-0.25, -0.2) is 0 Å². The van der Waals surface area contributed by atoms with E-state index in [1.165, 1.54) is 0 Å². The first kappa shape index (κ1) is 15.8. The van der Waals surface area contributed by atoms with Crippen LogP contribution in [0.2, 0.25) is 0 Å². The molecule has 0 aromatic heterocycles. The Morgan fingerprint density at radius 1 is 1.04 bits per heavy atom. The second-order valence-electron chi connectivity index (χ2n) is 6.26. The molecule has 1 aliphatic rings. The molecule has 3 rings (SSSR count). The molecular formula is C20H23NO2. The highest BCUT2D eigenvalue weighted by atomic mass is 16.5. The summed E-state index contributed by atoms with van der Waals surface area (Å²) in [6, 6.07) is 18.2. The van der Waals surface area contributed by atoms with Gasteiger partial charge in [-0.15, -0.1) is 0 Å². The van der Waals surface area contributed by atoms with E-state index in [4.69, 9.17) is 4.74 Å². The molecule has 1 heterocycles. The second-order valence-corrected chi connectivity index (χ2v) is 6.26. The average molecular weight is 309 g/mol. The number of aryl methyl sites for hydroxylation is 1. The maximum atomic E-state index is 13.4. The minimum Gasteiger partial charge on any atom is -0.381 e. The number of nitrogens with zero attached hydrogens (tertiary/aromatic N) is 1. The highest BCUT2D eigenvalue weighted by molar-refractivity contribution is 6.01. The van der Waals surface area contributed by atoms with Gasteiger partial charge in [-0.2, -0.15) is 0 Å². The van der Waals surface area contributed by atoms with Crippen LogP contribution in [-0.2, 0) is 14.9 Å². The Morgan fingerprint density at radius 3 is 2.39 bits per heavy atom. The minimum atomic E-state index is -0.488. The van der Waals surface area contributed by atoms with Crippen LogP contribution in [0, 0.1) is 6.92 Å². The lowest BCUT2D eigenvalue weighted by molar-refractivity contribution is -0.127. The van der Waals surface area contributed by atoms with Gasteiger partial charge in [0, 0.05) is 25.9 Å². The number of carbonyl (C=O) groups excluding carboxylic acids is 1. The smallest absolute Gasteiger partial charge is 0.237 e. The molecule has 0 unspecified atom stereocenters. The number of likely N-dealkylation sites (N-methyl/N-ethyl adjacent to an activating group) is 1. The van der Waals surface area contributed by atoms with E-state index >= 15 is 0 Å². The van der Waals surface area contributed by atoms with Crippen LogP contribution in [0.25, 0.3) is 0 Å². The predicted molar refractivity (Wildman–Crippen MR) is 92.8 cm³/mol. The van der Waals surface area contributed by atoms with E-state index in [0.717, 1.165) is 29.7 Å². The van der Waals surface area contributed by atoms with Crippen molar-refractivity contribution in [2.45, 2.75) is 25.2 Å². The lowest BCUT2D eigenvalue weighted by Crippen LogP contribution is -2.48. The normalized spacial score (nSPS) is 16.8. The molecule has 3 heteroatoms. The fourth-order valence-corrected chi connectivity index (χ4v) is 3.38. The number of amides is 1. The van der Waals surface area contributed by atoms with Gasteiger partial charge in [-0.3, -0.25) is 4.79 Å². The molecule has 1 saturated heterocycles. The average Bonchev–Trinajstić information content (AvgIpc) is 2.62. The third-order valence-electron chi connectivity index (χ3n) is 4.78. The zero-order chi connectivity index (χ0) is 16.3. The zero-order valence-corrected chi connectivity index (χ0v) is 13.8. The Hall–Kier alpha value is -2.13. The van der Waals surface area contributed by atoms with Gasteiger partial charge in [0.15, 0.2) is 0 Å². The van der Waals surface area contributed by atoms with Crippen molar-refractivity contribution >= 4 is 11.6 Å². The molecule has 0 spiro atoms. The summed E-state index contributed by atoms with van der Waals surface area (Å²) in [4.78, 5) is 15.2. The summed E-state index contributed by atoms with van der Waals surface area (Å²) in [7, 11) is 1.87. The molecular weight excluding hydrogens is 286 g/mol. The number of hydrogen-bond donors (Lipinski definition) is 0. The van der Waals surface area contributed by atoms with Gasteiger partial charge in [0.25, 0.3) is 0 Å². The Morgan fingerprint density at radius 2 is 1.74 bits per heavy atom. The van der Waals surface area contributed by atoms with E-state index in [1.54, 1.807) is 4.90 Å². The Balaban J connectivity index is 1.98. The van der Waals surface area contributed by atoms with E-state index in [-0.39, 0.29) is 5.91 Å². The summed E-state index contributed by atoms with van der Waals surface area (Å²) >= 11 is 0. The molecule has 2 aromatic carbocycles. The van der Waals surface area contributed by atoms with Crippen molar-refractivity contribution in [3.63, 3.8) is 0 Å². The van der Waals surface area contributed by atoms with E-state index < -0.39 is 5.41 Å². The van der Waals surface area contributed by atoms with Gasteiger partial charge < -0.3 is 9.64 Å². The Bertz CT molecular complexity index is 675. The van der Waals surface area contributed by atoms with Crippen molar-refractivity contribution < 1.29 is 9.53 Å². The SMILES string of the molecule is Cc1cccc(N(C)C(=O)C2(c3ccccc3)CCOCC2)c1. The van der Waals surface area contributed by atoms with E-state index in [2.05, 4.69) is 18.2 Å². The van der Waals surface area contributed by atoms with E-state index in [0.29, 0.717) is 13.2 Å². The highest BCUT2D eigenvalue weighted by Gasteiger charge is 2.43. The van der Waals surface area contributed by atoms with Crippen LogP contribution in [-0.4, -0.2) is 26.2 Å². The summed E-state index contributed by atoms with van der Waals surface area (Å²) in [5.74, 6) is 0.151. The van der Waals surface area contributed by atoms with Crippen molar-refractivity contribution in [2.24, 2.45) is 0 Å². The molecule has 2 aromatic rings. The number of rotatable bonds is 3. The maximum Gasteiger partial charge on any atom is 0.237 e. The molecule has 120 valence electrons. The van der Waals surface area contributed by atoms with Crippen LogP contribution in [0.1, 0.15) is 24.0 Å². The number of ether oxygens (including phenoxy) is 1. The van der Waals surface area contributed by atoms with Crippen LogP contribution in [0.15, 0.2) is 54.6 Å². The summed E-state index contributed by atoms with van der Waals surface area (Å²) in [5.41, 5.74) is 2.70. The van der Waals surface area contributed by atoms with Gasteiger partial charge in [-0.05, 0) is 43.0 Å². The predicted octanol–water partition coefficient (Wildman–Crippen LogP) is 3.71. The van der Waals surface area contributed by atoms with Gasteiger partial charge in [-0.1, -0.05) is 42.5 Å². The molecule has 0 saturated carbocycles. The summed E-state index contributed by atoms with van der Waals surface area (Å²) < 4.78 is 5.53. The molecule has 0 bridgehead atoms. The number of anilines is 1. The Labute approximate surface area is 137 Å². The quantitative estimate of drug-likeness (QED) is 0.865. The lowest BCUT2D eigenvalue weighted by Gasteiger charge is -2.39. The summed E-state index contributed by atoms with van der Waals surface area (Å²) in [6.45, 7) is 3.30. The van der Waals surface area contributed by atoms with Gasteiger partial charge >= 0.3 is 0 Å². The molecule has 1 fully saturated rings. The van der Waals surface area contributed by atoms with Crippen LogP contribution in [0.3, 0.4) is 0 Å². The zero-order valence-electron chi connectivity index (χ0n) is 13.8. The largest absolute Gasteiger partial charge is 0.381 e. The van der Waals surface area contributed by atoms with Gasteiger partial charge in [0.05, 0.1) is 5.41 Å². The Kier molecular flexibility index (Phi) is 4.49. The van der Waals surface area contributed by atoms with Gasteiger partial charge in [0.2, 0.25) is 5.91 Å². The van der Waals surface area contributed by atoms with Crippen LogP contribution < -0.4 is 4.90 Å². The third-order valence-corrected chi connectivity index (χ3v) is 4.78. The molecule has 0 N–H and O–H groups in total. The number of hydrogen-bond acceptors (Lipinski definition) is 2. The van der Waals surface area contributed by atoms with Crippen LogP contribution in [0.4, 0.5) is 5.69 Å². The van der Waals surface area contributed by atoms with Crippen molar-refractivity contribution in [1.29, 1.82) is 0 Å². The first-order chi connectivity index (χ1) is 11.1. The molecule has 0 aliphatic carbocycles. The standard InChI is InChI=1S/C20H23NO2/c1-16-7-6-10-18(15-16)21(2)19(22)20(11-13-23-14-12-20)17-8-4-3-5-9-17/h3-10,15H,11-14H2,1-2H3. The molecule has 1 amide bonds. The monoisotopic (exact) mass is 309 g/mol. The fraction of sp³-hybridized carbons (Fsp3) is 0.350. The van der Waals surface area contributed by atoms with Crippen molar-refractivity contribution in [3.8, 4) is 0 Å². The fourth-order valence-electron chi connectivity index (χ4n) is 3.38. The maximum absolute atomic E-state index is 13.4. The topological polar surface area (TPSA) is 29.5 Å². The molecule has 3 nitrogen and oxygen atoms in total. The molecule has 1 aliphatic heterocycles. The highest BCUT2D eigenvalue weighted by Crippen LogP contribution is 2.37. The van der Waals surface area contributed by atoms with Crippen LogP contribution in [0.5, 0.6) is 0 Å². The van der Waals surface area contributed by atoms with Crippen molar-refractivity contribution in [2.75, 3.05) is 25.2 Å². The third kappa shape index (κ3) is 3.02. The molecule has 0 atom stereocenters. The van der Waals surface area contributed by atoms with Crippen molar-refractivity contribution in [1.82, 2.24) is 0 Å². The number of carbonyl (C=O) groups is 1. The van der Waals surface area contributed by atoms with Crippen LogP contribution >= 0.6 is 0 Å². The first-order valence-electron chi connectivity index (χ1n) is 8.12. The molecule has 23 heavy (non-hydrogen) atoms. The summed E-state index contributed by atoms with van der Waals surface area (Å²) in [5, 5.41) is 0. The van der Waals surface area contributed by atoms with E-state index in [9.17, 15) is 4.79 Å². The minimum absolute atomic E-state index is 0.151. The summed E-state index contributed by atoms with van der Waals surface area (Å²) in [6.07, 6.45) is 1.46. The van der Waals surface area contributed by atoms with Gasteiger partial charge in [0.1, 0.15) is 0 Å².